The van der Waals surface area contributed by atoms with Gasteiger partial charge in [0, 0.05) is 13.1 Å². The van der Waals surface area contributed by atoms with E-state index in [9.17, 15) is 5.11 Å². The molecule has 0 amide bonds. The van der Waals surface area contributed by atoms with Gasteiger partial charge in [-0.1, -0.05) is 17.7 Å². The Bertz CT molecular complexity index is 426. The third kappa shape index (κ3) is 3.36. The quantitative estimate of drug-likeness (QED) is 0.896. The number of hydrogen-bond donors (Lipinski definition) is 1. The molecule has 0 heterocycles. The Morgan fingerprint density at radius 3 is 2.59 bits per heavy atom. The predicted molar refractivity (Wildman–Crippen MR) is 70.2 cm³/mol. The van der Waals surface area contributed by atoms with Crippen molar-refractivity contribution in [1.82, 2.24) is 0 Å². The summed E-state index contributed by atoms with van der Waals surface area (Å²) < 4.78 is 0. The Labute approximate surface area is 107 Å². The lowest BCUT2D eigenvalue weighted by Crippen LogP contribution is -2.28. The lowest BCUT2D eigenvalue weighted by atomic mass is 10.1. The number of aliphatic hydroxyl groups is 1. The summed E-state index contributed by atoms with van der Waals surface area (Å²) >= 11 is 6.18. The molecule has 0 bridgehead atoms. The van der Waals surface area contributed by atoms with E-state index in [0.29, 0.717) is 11.4 Å². The molecule has 4 heteroatoms. The first kappa shape index (κ1) is 13.8. The molecule has 1 aromatic carbocycles. The summed E-state index contributed by atoms with van der Waals surface area (Å²) in [7, 11) is 1.91. The third-order valence-corrected chi connectivity index (χ3v) is 3.18. The second-order valence-corrected chi connectivity index (χ2v) is 4.62. The van der Waals surface area contributed by atoms with Gasteiger partial charge < -0.3 is 10.0 Å². The van der Waals surface area contributed by atoms with Crippen LogP contribution in [0.2, 0.25) is 5.02 Å². The largest absolute Gasteiger partial charge is 0.389 e. The third-order valence-electron chi connectivity index (χ3n) is 2.88. The van der Waals surface area contributed by atoms with E-state index in [1.807, 2.05) is 31.0 Å². The topological polar surface area (TPSA) is 47.3 Å². The van der Waals surface area contributed by atoms with Crippen molar-refractivity contribution in [2.45, 2.75) is 32.4 Å². The van der Waals surface area contributed by atoms with E-state index in [2.05, 4.69) is 6.07 Å². The number of rotatable bonds is 4. The van der Waals surface area contributed by atoms with Crippen LogP contribution < -0.4 is 4.90 Å². The fraction of sp³-hybridized carbons (Fsp3) is 0.462. The first-order valence-electron chi connectivity index (χ1n) is 5.54. The van der Waals surface area contributed by atoms with E-state index in [1.165, 1.54) is 0 Å². The number of nitrogens with zero attached hydrogens (tertiary/aromatic N) is 2. The number of nitriles is 1. The predicted octanol–water partition coefficient (Wildman–Crippen LogP) is 3.13. The summed E-state index contributed by atoms with van der Waals surface area (Å²) in [6, 6.07) is 7.73. The molecule has 0 aliphatic heterocycles. The summed E-state index contributed by atoms with van der Waals surface area (Å²) in [5.41, 5.74) is 1.67. The molecule has 0 spiro atoms. The van der Waals surface area contributed by atoms with Gasteiger partial charge in [0.05, 0.1) is 29.3 Å². The van der Waals surface area contributed by atoms with E-state index in [0.717, 1.165) is 11.3 Å². The maximum absolute atomic E-state index is 9.46. The zero-order valence-electron chi connectivity index (χ0n) is 10.3. The van der Waals surface area contributed by atoms with E-state index in [1.54, 1.807) is 13.0 Å². The van der Waals surface area contributed by atoms with Crippen LogP contribution in [0.15, 0.2) is 18.2 Å². The van der Waals surface area contributed by atoms with Gasteiger partial charge in [0.25, 0.3) is 0 Å². The van der Waals surface area contributed by atoms with Crippen molar-refractivity contribution in [1.29, 1.82) is 5.26 Å². The summed E-state index contributed by atoms with van der Waals surface area (Å²) in [5.74, 6) is 0. The van der Waals surface area contributed by atoms with Crippen molar-refractivity contribution >= 4 is 17.3 Å². The highest BCUT2D eigenvalue weighted by Crippen LogP contribution is 2.29. The first-order valence-corrected chi connectivity index (χ1v) is 5.92. The van der Waals surface area contributed by atoms with Gasteiger partial charge in [-0.05, 0) is 31.5 Å². The van der Waals surface area contributed by atoms with Gasteiger partial charge >= 0.3 is 0 Å². The highest BCUT2D eigenvalue weighted by Gasteiger charge is 2.13. The zero-order chi connectivity index (χ0) is 13.0. The first-order chi connectivity index (χ1) is 7.97. The molecule has 2 atom stereocenters. The Balaban J connectivity index is 2.96. The van der Waals surface area contributed by atoms with Crippen molar-refractivity contribution < 1.29 is 5.11 Å². The Hall–Kier alpha value is -1.24. The molecule has 0 aromatic heterocycles. The van der Waals surface area contributed by atoms with Gasteiger partial charge in [0.2, 0.25) is 0 Å². The maximum Gasteiger partial charge on any atom is 0.0762 e. The molecule has 0 radical (unpaired) electrons. The number of anilines is 1. The summed E-state index contributed by atoms with van der Waals surface area (Å²) in [4.78, 5) is 1.97. The molecule has 92 valence electrons. The van der Waals surface area contributed by atoms with Crippen molar-refractivity contribution in [3.63, 3.8) is 0 Å². The van der Waals surface area contributed by atoms with Crippen LogP contribution in [0.25, 0.3) is 0 Å². The van der Waals surface area contributed by atoms with Gasteiger partial charge in [0.15, 0.2) is 0 Å². The molecule has 1 rings (SSSR count). The van der Waals surface area contributed by atoms with Gasteiger partial charge in [-0.3, -0.25) is 0 Å². The van der Waals surface area contributed by atoms with Crippen LogP contribution in [-0.2, 0) is 0 Å². The molecule has 1 aromatic rings. The highest BCUT2D eigenvalue weighted by atomic mass is 35.5. The molecular weight excluding hydrogens is 236 g/mol. The Morgan fingerprint density at radius 1 is 1.47 bits per heavy atom. The lowest BCUT2D eigenvalue weighted by Gasteiger charge is -2.26. The Kier molecular flexibility index (Phi) is 4.80. The minimum Gasteiger partial charge on any atom is -0.389 e. The van der Waals surface area contributed by atoms with Crippen molar-refractivity contribution in [3.8, 4) is 6.07 Å². The van der Waals surface area contributed by atoms with E-state index >= 15 is 0 Å². The van der Waals surface area contributed by atoms with Crippen LogP contribution in [0.1, 0.15) is 31.9 Å². The van der Waals surface area contributed by atoms with E-state index in [4.69, 9.17) is 16.9 Å². The van der Waals surface area contributed by atoms with Gasteiger partial charge in [0.1, 0.15) is 0 Å². The molecule has 1 N–H and O–H groups in total. The standard InChI is InChI=1S/C13H17ClN2O/c1-9(6-7-15)16(3)13-5-4-11(10(2)17)8-12(13)14/h4-5,8-10,17H,6H2,1-3H3/t9?,10-/m0/s1. The van der Waals surface area contributed by atoms with E-state index < -0.39 is 6.10 Å². The monoisotopic (exact) mass is 252 g/mol. The molecule has 0 saturated heterocycles. The van der Waals surface area contributed by atoms with Crippen LogP contribution in [0.5, 0.6) is 0 Å². The van der Waals surface area contributed by atoms with Crippen LogP contribution in [0, 0.1) is 11.3 Å². The Morgan fingerprint density at radius 2 is 2.12 bits per heavy atom. The van der Waals surface area contributed by atoms with Crippen LogP contribution in [0.3, 0.4) is 0 Å². The van der Waals surface area contributed by atoms with Gasteiger partial charge in [-0.15, -0.1) is 0 Å². The number of hydrogen-bond acceptors (Lipinski definition) is 3. The summed E-state index contributed by atoms with van der Waals surface area (Å²) in [6.45, 7) is 3.68. The molecular formula is C13H17ClN2O. The number of aliphatic hydroxyl groups excluding tert-OH is 1. The van der Waals surface area contributed by atoms with E-state index in [-0.39, 0.29) is 6.04 Å². The molecule has 0 aliphatic carbocycles. The molecule has 0 aliphatic rings. The SMILES string of the molecule is CC(CC#N)N(C)c1ccc([C@H](C)O)cc1Cl. The second-order valence-electron chi connectivity index (χ2n) is 4.21. The second kappa shape index (κ2) is 5.90. The average molecular weight is 253 g/mol. The molecule has 0 fully saturated rings. The minimum atomic E-state index is -0.525. The lowest BCUT2D eigenvalue weighted by molar-refractivity contribution is 0.199. The fourth-order valence-electron chi connectivity index (χ4n) is 1.58. The molecule has 3 nitrogen and oxygen atoms in total. The molecule has 17 heavy (non-hydrogen) atoms. The number of halogens is 1. The fourth-order valence-corrected chi connectivity index (χ4v) is 1.90. The van der Waals surface area contributed by atoms with Crippen molar-refractivity contribution in [2.24, 2.45) is 0 Å². The van der Waals surface area contributed by atoms with Gasteiger partial charge in [-0.25, -0.2) is 0 Å². The smallest absolute Gasteiger partial charge is 0.0762 e. The molecule has 1 unspecified atom stereocenters. The molecule has 0 saturated carbocycles. The number of benzene rings is 1. The maximum atomic E-state index is 9.46. The summed E-state index contributed by atoms with van der Waals surface area (Å²) in [5, 5.41) is 18.7. The minimum absolute atomic E-state index is 0.106. The van der Waals surface area contributed by atoms with Crippen LogP contribution in [-0.4, -0.2) is 18.2 Å². The van der Waals surface area contributed by atoms with Crippen LogP contribution in [0.4, 0.5) is 5.69 Å². The van der Waals surface area contributed by atoms with Crippen molar-refractivity contribution in [2.75, 3.05) is 11.9 Å². The summed E-state index contributed by atoms with van der Waals surface area (Å²) in [6.07, 6.45) is -0.0753. The zero-order valence-corrected chi connectivity index (χ0v) is 11.1. The highest BCUT2D eigenvalue weighted by molar-refractivity contribution is 6.33. The normalized spacial score (nSPS) is 13.9. The van der Waals surface area contributed by atoms with Gasteiger partial charge in [-0.2, -0.15) is 5.26 Å². The van der Waals surface area contributed by atoms with Crippen LogP contribution >= 0.6 is 11.6 Å². The van der Waals surface area contributed by atoms with Crippen molar-refractivity contribution in [3.05, 3.63) is 28.8 Å². The average Bonchev–Trinajstić information content (AvgIpc) is 2.28.